The van der Waals surface area contributed by atoms with Gasteiger partial charge in [0.1, 0.15) is 6.10 Å². The van der Waals surface area contributed by atoms with Gasteiger partial charge in [0, 0.05) is 25.6 Å². The van der Waals surface area contributed by atoms with E-state index in [1.807, 2.05) is 0 Å². The van der Waals surface area contributed by atoms with Crippen molar-refractivity contribution >= 4 is 17.6 Å². The van der Waals surface area contributed by atoms with Crippen LogP contribution in [0.25, 0.3) is 0 Å². The molecule has 2 fully saturated rings. The molecular formula is C17H20N2O5. The van der Waals surface area contributed by atoms with Gasteiger partial charge in [0.2, 0.25) is 5.91 Å². The third kappa shape index (κ3) is 3.55. The zero-order valence-electron chi connectivity index (χ0n) is 13.5. The van der Waals surface area contributed by atoms with E-state index >= 15 is 0 Å². The summed E-state index contributed by atoms with van der Waals surface area (Å²) in [6.45, 7) is 2.72. The maximum atomic E-state index is 12.3. The number of hydrogen-bond acceptors (Lipinski definition) is 5. The summed E-state index contributed by atoms with van der Waals surface area (Å²) in [5.41, 5.74) is 0.283. The predicted molar refractivity (Wildman–Crippen MR) is 85.0 cm³/mol. The van der Waals surface area contributed by atoms with Crippen LogP contribution in [0.2, 0.25) is 0 Å². The van der Waals surface area contributed by atoms with Crippen LogP contribution in [0.15, 0.2) is 24.3 Å². The smallest absolute Gasteiger partial charge is 0.311 e. The zero-order valence-corrected chi connectivity index (χ0v) is 13.5. The molecule has 7 nitrogen and oxygen atoms in total. The molecule has 1 aromatic rings. The number of nitro groups is 1. The molecule has 2 aliphatic rings. The number of ether oxygens (including phenoxy) is 1. The largest absolute Gasteiger partial charge is 0.457 e. The minimum Gasteiger partial charge on any atom is -0.457 e. The van der Waals surface area contributed by atoms with Gasteiger partial charge in [0.05, 0.1) is 16.4 Å². The lowest BCUT2D eigenvalue weighted by atomic mass is 10.1. The average molecular weight is 332 g/mol. The van der Waals surface area contributed by atoms with Crippen molar-refractivity contribution in [2.24, 2.45) is 11.8 Å². The number of carbonyl (C=O) groups is 2. The van der Waals surface area contributed by atoms with Crippen molar-refractivity contribution in [1.82, 2.24) is 4.90 Å². The maximum absolute atomic E-state index is 12.3. The highest BCUT2D eigenvalue weighted by atomic mass is 16.6. The number of nitrogens with zero attached hydrogens (tertiary/aromatic N) is 2. The van der Waals surface area contributed by atoms with Crippen molar-refractivity contribution in [3.05, 3.63) is 39.9 Å². The monoisotopic (exact) mass is 332 g/mol. The van der Waals surface area contributed by atoms with E-state index in [1.165, 1.54) is 6.07 Å². The van der Waals surface area contributed by atoms with E-state index < -0.39 is 22.9 Å². The quantitative estimate of drug-likeness (QED) is 0.453. The van der Waals surface area contributed by atoms with Crippen molar-refractivity contribution in [3.63, 3.8) is 0 Å². The number of benzene rings is 1. The van der Waals surface area contributed by atoms with Crippen molar-refractivity contribution in [2.45, 2.75) is 32.3 Å². The van der Waals surface area contributed by atoms with Crippen LogP contribution in [0.3, 0.4) is 0 Å². The first-order valence-electron chi connectivity index (χ1n) is 8.17. The average Bonchev–Trinajstić information content (AvgIpc) is 3.29. The first-order valence-corrected chi connectivity index (χ1v) is 8.17. The fourth-order valence-electron chi connectivity index (χ4n) is 3.05. The Balaban J connectivity index is 1.62. The van der Waals surface area contributed by atoms with Gasteiger partial charge in [-0.1, -0.05) is 12.1 Å². The Hall–Kier alpha value is -2.44. The molecule has 1 amide bonds. The van der Waals surface area contributed by atoms with Crippen LogP contribution in [-0.4, -0.2) is 34.8 Å². The second-order valence-corrected chi connectivity index (χ2v) is 6.54. The predicted octanol–water partition coefficient (Wildman–Crippen LogP) is 2.46. The molecule has 24 heavy (non-hydrogen) atoms. The Morgan fingerprint density at radius 2 is 2.12 bits per heavy atom. The highest BCUT2D eigenvalue weighted by molar-refractivity contribution is 5.87. The van der Waals surface area contributed by atoms with Crippen LogP contribution >= 0.6 is 0 Å². The summed E-state index contributed by atoms with van der Waals surface area (Å²) < 4.78 is 5.41. The maximum Gasteiger partial charge on any atom is 0.311 e. The molecule has 0 N–H and O–H groups in total. The molecule has 0 aromatic heterocycles. The van der Waals surface area contributed by atoms with Gasteiger partial charge in [-0.25, -0.2) is 0 Å². The lowest BCUT2D eigenvalue weighted by Gasteiger charge is -2.18. The van der Waals surface area contributed by atoms with Gasteiger partial charge in [0.15, 0.2) is 0 Å². The van der Waals surface area contributed by atoms with Crippen molar-refractivity contribution < 1.29 is 19.2 Å². The van der Waals surface area contributed by atoms with Crippen molar-refractivity contribution in [2.75, 3.05) is 13.1 Å². The highest BCUT2D eigenvalue weighted by Crippen LogP contribution is 2.33. The molecule has 0 bridgehead atoms. The van der Waals surface area contributed by atoms with E-state index in [2.05, 4.69) is 0 Å². The molecule has 0 spiro atoms. The highest BCUT2D eigenvalue weighted by Gasteiger charge is 2.38. The first kappa shape index (κ1) is 16.4. The van der Waals surface area contributed by atoms with Crippen LogP contribution < -0.4 is 0 Å². The fraction of sp³-hybridized carbons (Fsp3) is 0.529. The number of carbonyl (C=O) groups excluding carboxylic acids is 2. The number of hydrogen-bond donors (Lipinski definition) is 0. The van der Waals surface area contributed by atoms with E-state index in [4.69, 9.17) is 4.74 Å². The van der Waals surface area contributed by atoms with Gasteiger partial charge >= 0.3 is 5.97 Å². The minimum atomic E-state index is -0.730. The lowest BCUT2D eigenvalue weighted by Crippen LogP contribution is -2.29. The molecule has 128 valence electrons. The van der Waals surface area contributed by atoms with Crippen LogP contribution in [0, 0.1) is 22.0 Å². The Morgan fingerprint density at radius 3 is 2.79 bits per heavy atom. The Labute approximate surface area is 139 Å². The van der Waals surface area contributed by atoms with Gasteiger partial charge < -0.3 is 9.64 Å². The van der Waals surface area contributed by atoms with Gasteiger partial charge in [0.25, 0.3) is 5.69 Å². The van der Waals surface area contributed by atoms with Crippen LogP contribution in [0.4, 0.5) is 5.69 Å². The lowest BCUT2D eigenvalue weighted by molar-refractivity contribution is -0.386. The van der Waals surface area contributed by atoms with Gasteiger partial charge in [-0.15, -0.1) is 0 Å². The summed E-state index contributed by atoms with van der Waals surface area (Å²) in [5.74, 6) is -0.384. The summed E-state index contributed by atoms with van der Waals surface area (Å²) >= 11 is 0. The molecule has 2 atom stereocenters. The molecule has 1 aliphatic heterocycles. The van der Waals surface area contributed by atoms with Gasteiger partial charge in [-0.2, -0.15) is 0 Å². The topological polar surface area (TPSA) is 89.8 Å². The molecule has 2 unspecified atom stereocenters. The van der Waals surface area contributed by atoms with Crippen LogP contribution in [-0.2, 0) is 14.3 Å². The number of likely N-dealkylation sites (tertiary alicyclic amines) is 1. The standard InChI is InChI=1S/C17H20N2O5/c1-11(14-4-2-3-5-15(14)19(22)23)24-17(21)13-8-16(20)18(10-13)9-12-6-7-12/h2-5,11-13H,6-10H2,1H3. The zero-order chi connectivity index (χ0) is 17.3. The number of rotatable bonds is 6. The van der Waals surface area contributed by atoms with Crippen LogP contribution in [0.1, 0.15) is 37.9 Å². The van der Waals surface area contributed by atoms with E-state index in [1.54, 1.807) is 30.0 Å². The minimum absolute atomic E-state index is 0.0119. The molecule has 1 aliphatic carbocycles. The Bertz CT molecular complexity index is 671. The molecule has 1 heterocycles. The van der Waals surface area contributed by atoms with Crippen molar-refractivity contribution in [3.8, 4) is 0 Å². The van der Waals surface area contributed by atoms with Gasteiger partial charge in [-0.05, 0) is 31.7 Å². The number of amides is 1. The van der Waals surface area contributed by atoms with E-state index in [0.717, 1.165) is 19.4 Å². The van der Waals surface area contributed by atoms with E-state index in [9.17, 15) is 19.7 Å². The molecule has 1 aromatic carbocycles. The summed E-state index contributed by atoms with van der Waals surface area (Å²) in [4.78, 5) is 36.6. The van der Waals surface area contributed by atoms with Gasteiger partial charge in [-0.3, -0.25) is 19.7 Å². The first-order chi connectivity index (χ1) is 11.5. The Kier molecular flexibility index (Phi) is 4.51. The normalized spacial score (nSPS) is 21.6. The second kappa shape index (κ2) is 6.59. The summed E-state index contributed by atoms with van der Waals surface area (Å²) in [6.07, 6.45) is 1.72. The molecule has 3 rings (SSSR count). The van der Waals surface area contributed by atoms with Crippen LogP contribution in [0.5, 0.6) is 0 Å². The fourth-order valence-corrected chi connectivity index (χ4v) is 3.05. The number of nitro benzene ring substituents is 1. The molecule has 0 radical (unpaired) electrons. The third-order valence-corrected chi connectivity index (χ3v) is 4.59. The molecular weight excluding hydrogens is 312 g/mol. The molecule has 1 saturated heterocycles. The SMILES string of the molecule is CC(OC(=O)C1CC(=O)N(CC2CC2)C1)c1ccccc1[N+](=O)[O-]. The summed E-state index contributed by atoms with van der Waals surface area (Å²) in [7, 11) is 0. The number of para-hydroxylation sites is 1. The summed E-state index contributed by atoms with van der Waals surface area (Å²) in [5, 5.41) is 11.1. The van der Waals surface area contributed by atoms with E-state index in [0.29, 0.717) is 18.0 Å². The Morgan fingerprint density at radius 1 is 1.42 bits per heavy atom. The molecule has 7 heteroatoms. The third-order valence-electron chi connectivity index (χ3n) is 4.59. The van der Waals surface area contributed by atoms with Crippen molar-refractivity contribution in [1.29, 1.82) is 0 Å². The van der Waals surface area contributed by atoms with E-state index in [-0.39, 0.29) is 18.0 Å². The number of esters is 1. The molecule has 1 saturated carbocycles. The summed E-state index contributed by atoms with van der Waals surface area (Å²) in [6, 6.07) is 6.20. The second-order valence-electron chi connectivity index (χ2n) is 6.54.